The molecule has 1 aromatic carbocycles. The molecule has 1 atom stereocenters. The molecule has 0 aliphatic carbocycles. The Morgan fingerprint density at radius 3 is 2.76 bits per heavy atom. The van der Waals surface area contributed by atoms with Gasteiger partial charge in [0.2, 0.25) is 0 Å². The standard InChI is InChI=1S/C12H16BrF2N3O2S/c13-10-4-9(14)5-11(15)12(10)17-21(19,20)18-3-1-2-8(6-16)7-18/h4-5,8,17H,1-3,6-7,16H2. The van der Waals surface area contributed by atoms with Crippen molar-refractivity contribution in [1.29, 1.82) is 0 Å². The summed E-state index contributed by atoms with van der Waals surface area (Å²) in [5.41, 5.74) is 5.28. The topological polar surface area (TPSA) is 75.4 Å². The van der Waals surface area contributed by atoms with E-state index in [4.69, 9.17) is 5.73 Å². The third kappa shape index (κ3) is 3.91. The second-order valence-electron chi connectivity index (χ2n) is 4.95. The highest BCUT2D eigenvalue weighted by atomic mass is 79.9. The van der Waals surface area contributed by atoms with E-state index in [1.165, 1.54) is 4.31 Å². The number of nitrogens with one attached hydrogen (secondary N) is 1. The molecule has 0 spiro atoms. The maximum absolute atomic E-state index is 13.7. The molecule has 0 saturated carbocycles. The molecule has 3 N–H and O–H groups in total. The van der Waals surface area contributed by atoms with Crippen LogP contribution in [-0.2, 0) is 10.2 Å². The van der Waals surface area contributed by atoms with Crippen molar-refractivity contribution in [2.45, 2.75) is 12.8 Å². The van der Waals surface area contributed by atoms with Crippen LogP contribution in [0.2, 0.25) is 0 Å². The molecule has 2 rings (SSSR count). The Morgan fingerprint density at radius 1 is 1.43 bits per heavy atom. The number of piperidine rings is 1. The lowest BCUT2D eigenvalue weighted by Gasteiger charge is -2.31. The quantitative estimate of drug-likeness (QED) is 0.835. The Kier molecular flexibility index (Phi) is 5.18. The van der Waals surface area contributed by atoms with E-state index in [2.05, 4.69) is 20.7 Å². The van der Waals surface area contributed by atoms with Crippen molar-refractivity contribution >= 4 is 31.8 Å². The van der Waals surface area contributed by atoms with Crippen LogP contribution >= 0.6 is 15.9 Å². The molecule has 0 radical (unpaired) electrons. The molecule has 1 aliphatic rings. The molecule has 0 amide bonds. The van der Waals surface area contributed by atoms with Gasteiger partial charge in [-0.05, 0) is 47.3 Å². The molecule has 1 aromatic rings. The zero-order chi connectivity index (χ0) is 15.6. The van der Waals surface area contributed by atoms with E-state index in [0.717, 1.165) is 12.5 Å². The summed E-state index contributed by atoms with van der Waals surface area (Å²) >= 11 is 2.95. The first-order valence-electron chi connectivity index (χ1n) is 6.46. The first-order valence-corrected chi connectivity index (χ1v) is 8.69. The van der Waals surface area contributed by atoms with Crippen molar-refractivity contribution in [2.75, 3.05) is 24.4 Å². The lowest BCUT2D eigenvalue weighted by molar-refractivity contribution is 0.272. The van der Waals surface area contributed by atoms with Gasteiger partial charge in [-0.25, -0.2) is 8.78 Å². The van der Waals surface area contributed by atoms with Crippen molar-refractivity contribution in [3.05, 3.63) is 28.2 Å². The van der Waals surface area contributed by atoms with Crippen molar-refractivity contribution in [3.8, 4) is 0 Å². The fourth-order valence-corrected chi connectivity index (χ4v) is 4.28. The van der Waals surface area contributed by atoms with Crippen molar-refractivity contribution < 1.29 is 17.2 Å². The fourth-order valence-electron chi connectivity index (χ4n) is 2.27. The summed E-state index contributed by atoms with van der Waals surface area (Å²) in [7, 11) is -3.90. The number of benzene rings is 1. The second-order valence-corrected chi connectivity index (χ2v) is 7.48. The highest BCUT2D eigenvalue weighted by Crippen LogP contribution is 2.29. The van der Waals surface area contributed by atoms with Gasteiger partial charge in [0.05, 0.1) is 5.69 Å². The highest BCUT2D eigenvalue weighted by molar-refractivity contribution is 9.10. The lowest BCUT2D eigenvalue weighted by atomic mass is 10.0. The SMILES string of the molecule is NCC1CCCN(S(=O)(=O)Nc2c(F)cc(F)cc2Br)C1. The van der Waals surface area contributed by atoms with E-state index < -0.39 is 21.8 Å². The average Bonchev–Trinajstić information content (AvgIpc) is 2.43. The van der Waals surface area contributed by atoms with Crippen LogP contribution in [0.1, 0.15) is 12.8 Å². The van der Waals surface area contributed by atoms with Crippen LogP contribution in [0.25, 0.3) is 0 Å². The summed E-state index contributed by atoms with van der Waals surface area (Å²) in [4.78, 5) is 0. The maximum Gasteiger partial charge on any atom is 0.301 e. The Morgan fingerprint density at radius 2 is 2.14 bits per heavy atom. The molecule has 5 nitrogen and oxygen atoms in total. The van der Waals surface area contributed by atoms with Crippen molar-refractivity contribution in [2.24, 2.45) is 11.7 Å². The first kappa shape index (κ1) is 16.6. The largest absolute Gasteiger partial charge is 0.330 e. The average molecular weight is 384 g/mol. The molecule has 9 heteroatoms. The van der Waals surface area contributed by atoms with Crippen molar-refractivity contribution in [3.63, 3.8) is 0 Å². The molecular weight excluding hydrogens is 368 g/mol. The summed E-state index contributed by atoms with van der Waals surface area (Å²) in [5.74, 6) is -1.67. The van der Waals surface area contributed by atoms with Gasteiger partial charge in [0, 0.05) is 23.6 Å². The lowest BCUT2D eigenvalue weighted by Crippen LogP contribution is -2.44. The van der Waals surface area contributed by atoms with Crippen LogP contribution in [0.3, 0.4) is 0 Å². The van der Waals surface area contributed by atoms with Crippen LogP contribution in [-0.4, -0.2) is 32.4 Å². The Labute approximate surface area is 130 Å². The number of rotatable bonds is 4. The molecule has 1 saturated heterocycles. The smallest absolute Gasteiger partial charge is 0.301 e. The van der Waals surface area contributed by atoms with Gasteiger partial charge < -0.3 is 5.73 Å². The van der Waals surface area contributed by atoms with Crippen LogP contribution < -0.4 is 10.5 Å². The number of nitrogens with zero attached hydrogens (tertiary/aromatic N) is 1. The van der Waals surface area contributed by atoms with Crippen LogP contribution in [0.15, 0.2) is 16.6 Å². The first-order chi connectivity index (χ1) is 9.83. The second kappa shape index (κ2) is 6.55. The van der Waals surface area contributed by atoms with Gasteiger partial charge in [-0.1, -0.05) is 0 Å². The van der Waals surface area contributed by atoms with Gasteiger partial charge >= 0.3 is 10.2 Å². The molecule has 118 valence electrons. The maximum atomic E-state index is 13.7. The molecule has 1 heterocycles. The van der Waals surface area contributed by atoms with E-state index in [1.807, 2.05) is 0 Å². The van der Waals surface area contributed by atoms with E-state index in [0.29, 0.717) is 32.1 Å². The van der Waals surface area contributed by atoms with Gasteiger partial charge in [-0.15, -0.1) is 0 Å². The molecule has 1 fully saturated rings. The minimum Gasteiger partial charge on any atom is -0.330 e. The normalized spacial score (nSPS) is 20.5. The predicted octanol–water partition coefficient (Wildman–Crippen LogP) is 2.05. The van der Waals surface area contributed by atoms with E-state index in [1.54, 1.807) is 0 Å². The Hall–Kier alpha value is -0.770. The fraction of sp³-hybridized carbons (Fsp3) is 0.500. The summed E-state index contributed by atoms with van der Waals surface area (Å²) in [5, 5.41) is 0. The van der Waals surface area contributed by atoms with Crippen LogP contribution in [0.4, 0.5) is 14.5 Å². The zero-order valence-electron chi connectivity index (χ0n) is 11.2. The summed E-state index contributed by atoms with van der Waals surface area (Å²) in [6, 6.07) is 1.63. The van der Waals surface area contributed by atoms with Gasteiger partial charge in [0.15, 0.2) is 5.82 Å². The van der Waals surface area contributed by atoms with Crippen molar-refractivity contribution in [1.82, 2.24) is 4.31 Å². The Balaban J connectivity index is 2.22. The molecule has 21 heavy (non-hydrogen) atoms. The van der Waals surface area contributed by atoms with Gasteiger partial charge in [0.1, 0.15) is 5.82 Å². The Bertz CT molecular complexity index is 604. The van der Waals surface area contributed by atoms with E-state index >= 15 is 0 Å². The summed E-state index contributed by atoms with van der Waals surface area (Å²) < 4.78 is 54.7. The molecule has 0 bridgehead atoms. The number of hydrogen-bond acceptors (Lipinski definition) is 3. The van der Waals surface area contributed by atoms with Gasteiger partial charge in [-0.2, -0.15) is 12.7 Å². The van der Waals surface area contributed by atoms with Crippen LogP contribution in [0.5, 0.6) is 0 Å². The number of anilines is 1. The molecule has 1 unspecified atom stereocenters. The number of hydrogen-bond donors (Lipinski definition) is 2. The number of halogens is 3. The minimum absolute atomic E-state index is 0.0101. The minimum atomic E-state index is -3.90. The van der Waals surface area contributed by atoms with E-state index in [-0.39, 0.29) is 16.1 Å². The molecule has 0 aromatic heterocycles. The zero-order valence-corrected chi connectivity index (χ0v) is 13.6. The monoisotopic (exact) mass is 383 g/mol. The molecular formula is C12H16BrF2N3O2S. The molecule has 1 aliphatic heterocycles. The third-order valence-electron chi connectivity index (χ3n) is 3.39. The summed E-state index contributed by atoms with van der Waals surface area (Å²) in [6.45, 7) is 1.05. The summed E-state index contributed by atoms with van der Waals surface area (Å²) in [6.07, 6.45) is 1.58. The predicted molar refractivity (Wildman–Crippen MR) is 80.0 cm³/mol. The van der Waals surface area contributed by atoms with Gasteiger partial charge in [-0.3, -0.25) is 4.72 Å². The highest BCUT2D eigenvalue weighted by Gasteiger charge is 2.29. The van der Waals surface area contributed by atoms with Gasteiger partial charge in [0.25, 0.3) is 0 Å². The third-order valence-corrected chi connectivity index (χ3v) is 5.49. The van der Waals surface area contributed by atoms with E-state index in [9.17, 15) is 17.2 Å². The van der Waals surface area contributed by atoms with Crippen LogP contribution in [0, 0.1) is 17.6 Å². The number of nitrogens with two attached hydrogens (primary N) is 1.